The van der Waals surface area contributed by atoms with Crippen molar-refractivity contribution >= 4 is 16.6 Å². The number of aromatic hydroxyl groups is 1. The zero-order chi connectivity index (χ0) is 14.3. The summed E-state index contributed by atoms with van der Waals surface area (Å²) in [5.41, 5.74) is 1.13. The molecule has 1 aromatic heterocycles. The second kappa shape index (κ2) is 4.79. The number of aromatic nitrogens is 2. The molecule has 2 aromatic rings. The monoisotopic (exact) mass is 274 g/mol. The van der Waals surface area contributed by atoms with E-state index in [1.165, 1.54) is 6.33 Å². The molecule has 0 bridgehead atoms. The van der Waals surface area contributed by atoms with Crippen molar-refractivity contribution in [3.8, 4) is 5.75 Å². The Labute approximate surface area is 116 Å². The molecule has 1 saturated heterocycles. The second-order valence-electron chi connectivity index (χ2n) is 5.44. The lowest BCUT2D eigenvalue weighted by Gasteiger charge is -2.22. The van der Waals surface area contributed by atoms with Crippen LogP contribution in [0, 0.1) is 0 Å². The van der Waals surface area contributed by atoms with Gasteiger partial charge >= 0.3 is 0 Å². The maximum absolute atomic E-state index is 11.7. The van der Waals surface area contributed by atoms with Crippen LogP contribution in [0.3, 0.4) is 0 Å². The summed E-state index contributed by atoms with van der Waals surface area (Å²) in [6.07, 6.45) is 2.45. The number of anilines is 1. The highest BCUT2D eigenvalue weighted by molar-refractivity contribution is 5.87. The van der Waals surface area contributed by atoms with Crippen molar-refractivity contribution in [3.05, 3.63) is 28.8 Å². The number of hydrogen-bond acceptors (Lipinski definition) is 5. The van der Waals surface area contributed by atoms with Crippen LogP contribution in [0.4, 0.5) is 5.69 Å². The summed E-state index contributed by atoms with van der Waals surface area (Å²) in [6.45, 7) is 1.86. The van der Waals surface area contributed by atoms with E-state index in [0.717, 1.165) is 25.2 Å². The molecule has 0 saturated carbocycles. The lowest BCUT2D eigenvalue weighted by atomic mass is 10.2. The van der Waals surface area contributed by atoms with E-state index in [2.05, 4.69) is 33.9 Å². The van der Waals surface area contributed by atoms with Crippen LogP contribution < -0.4 is 10.5 Å². The molecule has 2 N–H and O–H groups in total. The van der Waals surface area contributed by atoms with E-state index in [1.807, 2.05) is 6.07 Å². The van der Waals surface area contributed by atoms with Crippen molar-refractivity contribution in [1.82, 2.24) is 14.9 Å². The third-order valence-electron chi connectivity index (χ3n) is 3.97. The third kappa shape index (κ3) is 2.12. The number of hydrogen-bond donors (Lipinski definition) is 2. The van der Waals surface area contributed by atoms with Crippen LogP contribution in [-0.2, 0) is 0 Å². The molecular formula is C14H18N4O2. The van der Waals surface area contributed by atoms with Crippen LogP contribution in [0.5, 0.6) is 5.75 Å². The van der Waals surface area contributed by atoms with E-state index in [1.54, 1.807) is 6.07 Å². The average Bonchev–Trinajstić information content (AvgIpc) is 2.88. The second-order valence-corrected chi connectivity index (χ2v) is 5.44. The van der Waals surface area contributed by atoms with Gasteiger partial charge in [0.1, 0.15) is 11.1 Å². The summed E-state index contributed by atoms with van der Waals surface area (Å²) in [4.78, 5) is 22.7. The fourth-order valence-electron chi connectivity index (χ4n) is 2.74. The molecule has 0 aliphatic carbocycles. The molecule has 20 heavy (non-hydrogen) atoms. The number of aromatic amines is 1. The molecule has 1 unspecified atom stereocenters. The van der Waals surface area contributed by atoms with Gasteiger partial charge in [0.2, 0.25) is 0 Å². The van der Waals surface area contributed by atoms with Crippen molar-refractivity contribution in [2.24, 2.45) is 0 Å². The molecule has 0 amide bonds. The van der Waals surface area contributed by atoms with Crippen molar-refractivity contribution in [1.29, 1.82) is 0 Å². The summed E-state index contributed by atoms with van der Waals surface area (Å²) in [5, 5.41) is 10.3. The first kappa shape index (κ1) is 12.9. The van der Waals surface area contributed by atoms with Crippen molar-refractivity contribution < 1.29 is 5.11 Å². The normalized spacial score (nSPS) is 19.1. The Morgan fingerprint density at radius 2 is 2.25 bits per heavy atom. The molecule has 0 radical (unpaired) electrons. The van der Waals surface area contributed by atoms with Gasteiger partial charge in [0.15, 0.2) is 0 Å². The van der Waals surface area contributed by atoms with E-state index in [-0.39, 0.29) is 16.7 Å². The molecule has 1 atom stereocenters. The molecule has 2 heterocycles. The number of nitrogens with zero attached hydrogens (tertiary/aromatic N) is 3. The number of fused-ring (bicyclic) bond motifs is 1. The molecule has 3 rings (SSSR count). The number of H-pyrrole nitrogens is 1. The van der Waals surface area contributed by atoms with Crippen LogP contribution in [0.1, 0.15) is 6.42 Å². The first-order valence-electron chi connectivity index (χ1n) is 6.68. The van der Waals surface area contributed by atoms with Crippen molar-refractivity contribution in [3.63, 3.8) is 0 Å². The Morgan fingerprint density at radius 1 is 1.45 bits per heavy atom. The minimum Gasteiger partial charge on any atom is -0.507 e. The van der Waals surface area contributed by atoms with Crippen molar-refractivity contribution in [2.75, 3.05) is 32.1 Å². The summed E-state index contributed by atoms with van der Waals surface area (Å²) >= 11 is 0. The van der Waals surface area contributed by atoms with E-state index in [9.17, 15) is 9.90 Å². The van der Waals surface area contributed by atoms with Gasteiger partial charge in [-0.3, -0.25) is 4.79 Å². The van der Waals surface area contributed by atoms with Gasteiger partial charge in [0.25, 0.3) is 5.56 Å². The quantitative estimate of drug-likeness (QED) is 0.846. The zero-order valence-electron chi connectivity index (χ0n) is 11.6. The Bertz CT molecular complexity index is 695. The summed E-state index contributed by atoms with van der Waals surface area (Å²) < 4.78 is 0. The minimum absolute atomic E-state index is 0.0137. The molecule has 1 aliphatic rings. The van der Waals surface area contributed by atoms with E-state index >= 15 is 0 Å². The first-order valence-corrected chi connectivity index (χ1v) is 6.68. The molecule has 106 valence electrons. The van der Waals surface area contributed by atoms with Gasteiger partial charge in [-0.25, -0.2) is 4.98 Å². The maximum Gasteiger partial charge on any atom is 0.262 e. The number of benzene rings is 1. The molecule has 0 spiro atoms. The van der Waals surface area contributed by atoms with Gasteiger partial charge in [0.05, 0.1) is 11.8 Å². The number of phenolic OH excluding ortho intramolecular Hbond substituents is 1. The Balaban J connectivity index is 2.00. The molecule has 6 heteroatoms. The standard InChI is InChI=1S/C14H18N4O2/c1-17(2)9-3-4-18(7-9)10-5-11-13(12(19)6-10)14(20)16-8-15-11/h5-6,8-9,19H,3-4,7H2,1-2H3,(H,15,16,20). The van der Waals surface area contributed by atoms with Crippen molar-refractivity contribution in [2.45, 2.75) is 12.5 Å². The zero-order valence-corrected chi connectivity index (χ0v) is 11.6. The Hall–Kier alpha value is -2.08. The largest absolute Gasteiger partial charge is 0.507 e. The van der Waals surface area contributed by atoms with Gasteiger partial charge < -0.3 is 19.9 Å². The number of likely N-dealkylation sites (N-methyl/N-ethyl adjacent to an activating group) is 1. The third-order valence-corrected chi connectivity index (χ3v) is 3.97. The van der Waals surface area contributed by atoms with Crippen LogP contribution in [0.25, 0.3) is 10.9 Å². The fraction of sp³-hybridized carbons (Fsp3) is 0.429. The Kier molecular flexibility index (Phi) is 3.10. The lowest BCUT2D eigenvalue weighted by molar-refractivity contribution is 0.315. The predicted octanol–water partition coefficient (Wildman–Crippen LogP) is 0.769. The minimum atomic E-state index is -0.313. The van der Waals surface area contributed by atoms with Gasteiger partial charge in [-0.1, -0.05) is 0 Å². The van der Waals surface area contributed by atoms with Gasteiger partial charge in [-0.15, -0.1) is 0 Å². The van der Waals surface area contributed by atoms with Crippen LogP contribution >= 0.6 is 0 Å². The SMILES string of the molecule is CN(C)C1CCN(c2cc(O)c3c(=O)[nH]cnc3c2)C1. The van der Waals surface area contributed by atoms with E-state index in [0.29, 0.717) is 11.6 Å². The van der Waals surface area contributed by atoms with Gasteiger partial charge in [-0.2, -0.15) is 0 Å². The highest BCUT2D eigenvalue weighted by Gasteiger charge is 2.25. The van der Waals surface area contributed by atoms with E-state index < -0.39 is 0 Å². The predicted molar refractivity (Wildman–Crippen MR) is 78.3 cm³/mol. The Morgan fingerprint density at radius 3 is 2.95 bits per heavy atom. The maximum atomic E-state index is 11.7. The number of rotatable bonds is 2. The molecule has 1 aliphatic heterocycles. The number of nitrogens with one attached hydrogen (secondary N) is 1. The molecule has 6 nitrogen and oxygen atoms in total. The van der Waals surface area contributed by atoms with Crippen LogP contribution in [-0.4, -0.2) is 53.2 Å². The summed E-state index contributed by atoms with van der Waals surface area (Å²) in [6, 6.07) is 4.03. The fourth-order valence-corrected chi connectivity index (χ4v) is 2.74. The lowest BCUT2D eigenvalue weighted by Crippen LogP contribution is -2.31. The number of phenols is 1. The average molecular weight is 274 g/mol. The van der Waals surface area contributed by atoms with E-state index in [4.69, 9.17) is 0 Å². The van der Waals surface area contributed by atoms with Gasteiger partial charge in [-0.05, 0) is 26.6 Å². The molecule has 1 aromatic carbocycles. The van der Waals surface area contributed by atoms with Gasteiger partial charge in [0, 0.05) is 30.9 Å². The molecule has 1 fully saturated rings. The molecular weight excluding hydrogens is 256 g/mol. The smallest absolute Gasteiger partial charge is 0.262 e. The summed E-state index contributed by atoms with van der Waals surface area (Å²) in [5.74, 6) is -0.0137. The first-order chi connectivity index (χ1) is 9.56. The summed E-state index contributed by atoms with van der Waals surface area (Å²) in [7, 11) is 4.15. The highest BCUT2D eigenvalue weighted by atomic mass is 16.3. The van der Waals surface area contributed by atoms with Crippen LogP contribution in [0.2, 0.25) is 0 Å². The topological polar surface area (TPSA) is 72.5 Å². The van der Waals surface area contributed by atoms with Crippen LogP contribution in [0.15, 0.2) is 23.3 Å². The highest BCUT2D eigenvalue weighted by Crippen LogP contribution is 2.30.